The van der Waals surface area contributed by atoms with Gasteiger partial charge in [-0.1, -0.05) is 0 Å². The maximum atomic E-state index is 12.0. The van der Waals surface area contributed by atoms with Crippen LogP contribution < -0.4 is 0 Å². The zero-order valence-corrected chi connectivity index (χ0v) is 7.30. The van der Waals surface area contributed by atoms with Crippen molar-refractivity contribution in [3.05, 3.63) is 0 Å². The van der Waals surface area contributed by atoms with Crippen molar-refractivity contribution in [1.29, 1.82) is 0 Å². The first kappa shape index (κ1) is 9.86. The molecule has 0 bridgehead atoms. The molecule has 0 saturated carbocycles. The maximum absolute atomic E-state index is 12.0. The summed E-state index contributed by atoms with van der Waals surface area (Å²) in [5.74, 6) is 0. The summed E-state index contributed by atoms with van der Waals surface area (Å²) < 4.78 is 29.0. The Morgan fingerprint density at radius 3 is 2.92 bits per heavy atom. The van der Waals surface area contributed by atoms with Crippen LogP contribution in [0.4, 0.5) is 8.78 Å². The quantitative estimate of drug-likeness (QED) is 0.646. The van der Waals surface area contributed by atoms with Crippen molar-refractivity contribution in [2.24, 2.45) is 0 Å². The van der Waals surface area contributed by atoms with Crippen LogP contribution in [-0.4, -0.2) is 44.2 Å². The Kier molecular flexibility index (Phi) is 3.88. The largest absolute Gasteiger partial charge is 0.383 e. The SMILES string of the molecule is COC[C@H]1CCCN1CC(F)F. The highest BCUT2D eigenvalue weighted by atomic mass is 19.3. The third-order valence-corrected chi connectivity index (χ3v) is 2.23. The van der Waals surface area contributed by atoms with Crippen molar-refractivity contribution < 1.29 is 13.5 Å². The van der Waals surface area contributed by atoms with Gasteiger partial charge < -0.3 is 4.74 Å². The van der Waals surface area contributed by atoms with Crippen LogP contribution in [0.2, 0.25) is 0 Å². The molecule has 0 spiro atoms. The van der Waals surface area contributed by atoms with Gasteiger partial charge in [0.25, 0.3) is 6.43 Å². The highest BCUT2D eigenvalue weighted by Gasteiger charge is 2.26. The Balaban J connectivity index is 2.30. The standard InChI is InChI=1S/C8H15F2NO/c1-12-6-7-3-2-4-11(7)5-8(9)10/h7-8H,2-6H2,1H3/t7-/m1/s1. The highest BCUT2D eigenvalue weighted by Crippen LogP contribution is 2.18. The Bertz CT molecular complexity index is 132. The van der Waals surface area contributed by atoms with Gasteiger partial charge in [-0.05, 0) is 19.4 Å². The van der Waals surface area contributed by atoms with Crippen molar-refractivity contribution in [1.82, 2.24) is 4.90 Å². The molecule has 0 aromatic heterocycles. The number of methoxy groups -OCH3 is 1. The predicted octanol–water partition coefficient (Wildman–Crippen LogP) is 1.36. The molecule has 1 saturated heterocycles. The summed E-state index contributed by atoms with van der Waals surface area (Å²) in [6.45, 7) is 1.26. The van der Waals surface area contributed by atoms with E-state index in [0.29, 0.717) is 6.61 Å². The van der Waals surface area contributed by atoms with Crippen LogP contribution >= 0.6 is 0 Å². The van der Waals surface area contributed by atoms with Gasteiger partial charge in [0.05, 0.1) is 13.2 Å². The van der Waals surface area contributed by atoms with Crippen LogP contribution in [0.25, 0.3) is 0 Å². The summed E-state index contributed by atoms with van der Waals surface area (Å²) in [5, 5.41) is 0. The predicted molar refractivity (Wildman–Crippen MR) is 42.5 cm³/mol. The first-order valence-corrected chi connectivity index (χ1v) is 4.25. The van der Waals surface area contributed by atoms with Crippen LogP contribution in [0.1, 0.15) is 12.8 Å². The van der Waals surface area contributed by atoms with E-state index in [9.17, 15) is 8.78 Å². The number of halogens is 2. The van der Waals surface area contributed by atoms with Crippen LogP contribution in [0.15, 0.2) is 0 Å². The second kappa shape index (κ2) is 4.72. The fraction of sp³-hybridized carbons (Fsp3) is 1.00. The summed E-state index contributed by atoms with van der Waals surface area (Å²) in [6, 6.07) is 0.212. The number of likely N-dealkylation sites (tertiary alicyclic amines) is 1. The van der Waals surface area contributed by atoms with Crippen LogP contribution in [-0.2, 0) is 4.74 Å². The Morgan fingerprint density at radius 2 is 2.33 bits per heavy atom. The molecule has 1 atom stereocenters. The van der Waals surface area contributed by atoms with Crippen LogP contribution in [0, 0.1) is 0 Å². The van der Waals surface area contributed by atoms with E-state index in [1.54, 1.807) is 7.11 Å². The number of hydrogen-bond donors (Lipinski definition) is 0. The molecule has 0 unspecified atom stereocenters. The molecule has 0 aromatic carbocycles. The Morgan fingerprint density at radius 1 is 1.58 bits per heavy atom. The van der Waals surface area contributed by atoms with Gasteiger partial charge in [-0.25, -0.2) is 8.78 Å². The summed E-state index contributed by atoms with van der Waals surface area (Å²) in [6.07, 6.45) is -0.219. The lowest BCUT2D eigenvalue weighted by Crippen LogP contribution is -2.36. The zero-order chi connectivity index (χ0) is 8.97. The smallest absolute Gasteiger partial charge is 0.251 e. The van der Waals surface area contributed by atoms with E-state index < -0.39 is 6.43 Å². The molecule has 0 aliphatic carbocycles. The van der Waals surface area contributed by atoms with Gasteiger partial charge in [0.2, 0.25) is 0 Å². The van der Waals surface area contributed by atoms with Crippen LogP contribution in [0.3, 0.4) is 0 Å². The second-order valence-electron chi connectivity index (χ2n) is 3.14. The minimum Gasteiger partial charge on any atom is -0.383 e. The van der Waals surface area contributed by atoms with Crippen molar-refractivity contribution >= 4 is 0 Å². The number of ether oxygens (including phenoxy) is 1. The maximum Gasteiger partial charge on any atom is 0.251 e. The molecule has 1 fully saturated rings. The topological polar surface area (TPSA) is 12.5 Å². The van der Waals surface area contributed by atoms with E-state index >= 15 is 0 Å². The van der Waals surface area contributed by atoms with Crippen molar-refractivity contribution in [3.8, 4) is 0 Å². The summed E-state index contributed by atoms with van der Waals surface area (Å²) in [5.41, 5.74) is 0. The van der Waals surface area contributed by atoms with Gasteiger partial charge in [-0.2, -0.15) is 0 Å². The average molecular weight is 179 g/mol. The molecule has 1 aliphatic rings. The molecular formula is C8H15F2NO. The van der Waals surface area contributed by atoms with Gasteiger partial charge in [-0.3, -0.25) is 4.90 Å². The lowest BCUT2D eigenvalue weighted by molar-refractivity contribution is 0.0555. The van der Waals surface area contributed by atoms with Crippen molar-refractivity contribution in [3.63, 3.8) is 0 Å². The summed E-state index contributed by atoms with van der Waals surface area (Å²) in [4.78, 5) is 1.81. The lowest BCUT2D eigenvalue weighted by Gasteiger charge is -2.22. The van der Waals surface area contributed by atoms with E-state index in [2.05, 4.69) is 0 Å². The fourth-order valence-corrected chi connectivity index (χ4v) is 1.69. The average Bonchev–Trinajstić information content (AvgIpc) is 2.37. The minimum atomic E-state index is -2.22. The molecule has 0 N–H and O–H groups in total. The fourth-order valence-electron chi connectivity index (χ4n) is 1.69. The zero-order valence-electron chi connectivity index (χ0n) is 7.30. The lowest BCUT2D eigenvalue weighted by atomic mass is 10.2. The minimum absolute atomic E-state index is 0.103. The summed E-state index contributed by atoms with van der Waals surface area (Å²) >= 11 is 0. The molecule has 72 valence electrons. The number of rotatable bonds is 4. The Hall–Kier alpha value is -0.220. The molecule has 4 heteroatoms. The monoisotopic (exact) mass is 179 g/mol. The second-order valence-corrected chi connectivity index (χ2v) is 3.14. The molecule has 0 aromatic rings. The third-order valence-electron chi connectivity index (χ3n) is 2.23. The molecule has 0 radical (unpaired) electrons. The number of alkyl halides is 2. The van der Waals surface area contributed by atoms with Crippen LogP contribution in [0.5, 0.6) is 0 Å². The first-order valence-electron chi connectivity index (χ1n) is 4.25. The molecule has 12 heavy (non-hydrogen) atoms. The molecule has 2 nitrogen and oxygen atoms in total. The van der Waals surface area contributed by atoms with Gasteiger partial charge >= 0.3 is 0 Å². The molecule has 1 rings (SSSR count). The Labute approximate surface area is 71.5 Å². The highest BCUT2D eigenvalue weighted by molar-refractivity contribution is 4.78. The number of hydrogen-bond acceptors (Lipinski definition) is 2. The third kappa shape index (κ3) is 2.68. The van der Waals surface area contributed by atoms with Gasteiger partial charge in [0, 0.05) is 13.2 Å². The van der Waals surface area contributed by atoms with E-state index in [0.717, 1.165) is 19.4 Å². The van der Waals surface area contributed by atoms with Gasteiger partial charge in [0.15, 0.2) is 0 Å². The molecule has 1 aliphatic heterocycles. The summed E-state index contributed by atoms with van der Waals surface area (Å²) in [7, 11) is 1.61. The molecule has 1 heterocycles. The van der Waals surface area contributed by atoms with E-state index in [1.165, 1.54) is 0 Å². The normalized spacial score (nSPS) is 25.5. The van der Waals surface area contributed by atoms with E-state index in [-0.39, 0.29) is 12.6 Å². The number of nitrogens with zero attached hydrogens (tertiary/aromatic N) is 1. The van der Waals surface area contributed by atoms with Crippen molar-refractivity contribution in [2.75, 3.05) is 26.8 Å². The molecular weight excluding hydrogens is 164 g/mol. The van der Waals surface area contributed by atoms with Gasteiger partial charge in [-0.15, -0.1) is 0 Å². The van der Waals surface area contributed by atoms with E-state index in [4.69, 9.17) is 4.74 Å². The first-order chi connectivity index (χ1) is 5.74. The van der Waals surface area contributed by atoms with Gasteiger partial charge in [0.1, 0.15) is 0 Å². The molecule has 0 amide bonds. The van der Waals surface area contributed by atoms with Crippen molar-refractivity contribution in [2.45, 2.75) is 25.3 Å². The van der Waals surface area contributed by atoms with E-state index in [1.807, 2.05) is 4.90 Å².